The summed E-state index contributed by atoms with van der Waals surface area (Å²) in [5.74, 6) is -1.92. The molecule has 0 spiro atoms. The lowest BCUT2D eigenvalue weighted by atomic mass is 9.84. The lowest BCUT2D eigenvalue weighted by molar-refractivity contribution is -0.128. The Labute approximate surface area is 178 Å². The Bertz CT molecular complexity index is 1090. The molecule has 2 amide bonds. The maximum atomic E-state index is 13.5. The molecule has 160 valence electrons. The first-order chi connectivity index (χ1) is 15.0. The zero-order chi connectivity index (χ0) is 21.8. The summed E-state index contributed by atoms with van der Waals surface area (Å²) in [5.41, 5.74) is 8.57. The summed E-state index contributed by atoms with van der Waals surface area (Å²) in [6.07, 6.45) is 4.45. The van der Waals surface area contributed by atoms with E-state index in [1.54, 1.807) is 30.6 Å². The molecule has 3 heterocycles. The van der Waals surface area contributed by atoms with E-state index in [-0.39, 0.29) is 11.7 Å². The molecular formula is C22H23FN6O2. The third-order valence-electron chi connectivity index (χ3n) is 5.45. The molecule has 9 heteroatoms. The molecule has 0 radical (unpaired) electrons. The molecule has 0 saturated carbocycles. The number of benzene rings is 1. The zero-order valence-electron chi connectivity index (χ0n) is 16.8. The van der Waals surface area contributed by atoms with Gasteiger partial charge in [0.05, 0.1) is 23.7 Å². The molecule has 1 aliphatic heterocycles. The average Bonchev–Trinajstić information content (AvgIpc) is 3.42. The molecule has 4 rings (SSSR count). The molecule has 5 N–H and O–H groups in total. The smallest absolute Gasteiger partial charge is 0.225 e. The van der Waals surface area contributed by atoms with E-state index >= 15 is 0 Å². The third-order valence-corrected chi connectivity index (χ3v) is 5.45. The normalized spacial score (nSPS) is 16.7. The monoisotopic (exact) mass is 422 g/mol. The van der Waals surface area contributed by atoms with Gasteiger partial charge >= 0.3 is 0 Å². The predicted octanol–water partition coefficient (Wildman–Crippen LogP) is 1.97. The van der Waals surface area contributed by atoms with Gasteiger partial charge in [-0.25, -0.2) is 9.37 Å². The van der Waals surface area contributed by atoms with Crippen molar-refractivity contribution in [2.45, 2.75) is 18.8 Å². The number of hydrogen-bond acceptors (Lipinski definition) is 5. The van der Waals surface area contributed by atoms with E-state index in [9.17, 15) is 14.0 Å². The average molecular weight is 422 g/mol. The Morgan fingerprint density at radius 3 is 2.87 bits per heavy atom. The van der Waals surface area contributed by atoms with Gasteiger partial charge in [0.25, 0.3) is 0 Å². The number of primary amides is 1. The molecule has 1 aliphatic rings. The van der Waals surface area contributed by atoms with Gasteiger partial charge in [0, 0.05) is 30.4 Å². The van der Waals surface area contributed by atoms with Gasteiger partial charge in [-0.1, -0.05) is 18.2 Å². The van der Waals surface area contributed by atoms with Gasteiger partial charge < -0.3 is 16.4 Å². The molecule has 0 bridgehead atoms. The van der Waals surface area contributed by atoms with E-state index in [1.807, 2.05) is 6.07 Å². The lowest BCUT2D eigenvalue weighted by Gasteiger charge is -2.22. The highest BCUT2D eigenvalue weighted by Crippen LogP contribution is 2.34. The van der Waals surface area contributed by atoms with Gasteiger partial charge in [-0.3, -0.25) is 14.7 Å². The quantitative estimate of drug-likeness (QED) is 0.442. The highest BCUT2D eigenvalue weighted by Gasteiger charge is 2.38. The van der Waals surface area contributed by atoms with Gasteiger partial charge in [-0.05, 0) is 36.6 Å². The molecule has 0 aliphatic carbocycles. The number of nitrogens with one attached hydrogen (secondary N) is 3. The van der Waals surface area contributed by atoms with Crippen molar-refractivity contribution in [3.05, 3.63) is 65.7 Å². The summed E-state index contributed by atoms with van der Waals surface area (Å²) in [7, 11) is 0. The van der Waals surface area contributed by atoms with E-state index in [1.165, 1.54) is 12.1 Å². The first kappa shape index (κ1) is 20.5. The van der Waals surface area contributed by atoms with Crippen LogP contribution < -0.4 is 16.4 Å². The van der Waals surface area contributed by atoms with Crippen LogP contribution in [0.3, 0.4) is 0 Å². The lowest BCUT2D eigenvalue weighted by Crippen LogP contribution is -2.33. The number of rotatable bonds is 8. The van der Waals surface area contributed by atoms with E-state index in [4.69, 9.17) is 5.73 Å². The highest BCUT2D eigenvalue weighted by atomic mass is 19.1. The number of pyridine rings is 1. The van der Waals surface area contributed by atoms with Crippen LogP contribution in [0.5, 0.6) is 0 Å². The molecule has 2 atom stereocenters. The molecule has 2 aromatic heterocycles. The number of carbonyl (C=O) groups excluding carboxylic acids is 2. The van der Waals surface area contributed by atoms with Gasteiger partial charge in [0.2, 0.25) is 11.8 Å². The Kier molecular flexibility index (Phi) is 5.92. The van der Waals surface area contributed by atoms with Crippen LogP contribution >= 0.6 is 0 Å². The second kappa shape index (κ2) is 8.95. The standard InChI is InChI=1S/C22H23FN6O2/c23-15-3-1-2-13(10-15)6-8-25-21-16(4-5-18(29-21)14-11-27-28-12-14)19(20(24)30)17-7-9-26-22(17)31/h1-5,10-12,17,19H,6-9H2,(H2,24,30)(H,25,29)(H,26,31)(H,27,28). The number of carbonyl (C=O) groups is 2. The molecule has 31 heavy (non-hydrogen) atoms. The van der Waals surface area contributed by atoms with Crippen molar-refractivity contribution in [1.82, 2.24) is 20.5 Å². The second-order valence-electron chi connectivity index (χ2n) is 7.49. The number of halogens is 1. The Morgan fingerprint density at radius 2 is 2.19 bits per heavy atom. The summed E-state index contributed by atoms with van der Waals surface area (Å²) in [6, 6.07) is 9.94. The zero-order valence-corrected chi connectivity index (χ0v) is 16.8. The van der Waals surface area contributed by atoms with Crippen molar-refractivity contribution < 1.29 is 14.0 Å². The number of aromatic nitrogens is 3. The minimum Gasteiger partial charge on any atom is -0.369 e. The summed E-state index contributed by atoms with van der Waals surface area (Å²) >= 11 is 0. The molecular weight excluding hydrogens is 399 g/mol. The number of amides is 2. The summed E-state index contributed by atoms with van der Waals surface area (Å²) in [4.78, 5) is 29.3. The highest BCUT2D eigenvalue weighted by molar-refractivity contribution is 5.92. The molecule has 1 aromatic carbocycles. The van der Waals surface area contributed by atoms with Gasteiger partial charge in [-0.15, -0.1) is 0 Å². The van der Waals surface area contributed by atoms with Crippen LogP contribution in [0.4, 0.5) is 10.2 Å². The summed E-state index contributed by atoms with van der Waals surface area (Å²) in [6.45, 7) is 0.969. The SMILES string of the molecule is NC(=O)C(c1ccc(-c2cn[nH]c2)nc1NCCc1cccc(F)c1)C1CCNC1=O. The number of H-pyrrole nitrogens is 1. The Hall–Kier alpha value is -3.75. The van der Waals surface area contributed by atoms with Crippen LogP contribution in [0, 0.1) is 11.7 Å². The van der Waals surface area contributed by atoms with E-state index in [2.05, 4.69) is 25.8 Å². The van der Waals surface area contributed by atoms with Crippen LogP contribution in [0.2, 0.25) is 0 Å². The van der Waals surface area contributed by atoms with Crippen LogP contribution in [0.25, 0.3) is 11.3 Å². The maximum absolute atomic E-state index is 13.5. The Morgan fingerprint density at radius 1 is 1.32 bits per heavy atom. The van der Waals surface area contributed by atoms with Gasteiger partial charge in [0.1, 0.15) is 11.6 Å². The second-order valence-corrected chi connectivity index (χ2v) is 7.49. The van der Waals surface area contributed by atoms with Crippen molar-refractivity contribution in [1.29, 1.82) is 0 Å². The number of nitrogens with two attached hydrogens (primary N) is 1. The fourth-order valence-electron chi connectivity index (χ4n) is 3.93. The largest absolute Gasteiger partial charge is 0.369 e. The van der Waals surface area contributed by atoms with Crippen molar-refractivity contribution in [3.8, 4) is 11.3 Å². The minimum atomic E-state index is -0.801. The van der Waals surface area contributed by atoms with Gasteiger partial charge in [0.15, 0.2) is 0 Å². The predicted molar refractivity (Wildman–Crippen MR) is 113 cm³/mol. The fraction of sp³-hybridized carbons (Fsp3) is 0.273. The van der Waals surface area contributed by atoms with E-state index in [0.29, 0.717) is 43.0 Å². The number of aromatic amines is 1. The summed E-state index contributed by atoms with van der Waals surface area (Å²) < 4.78 is 13.5. The topological polar surface area (TPSA) is 126 Å². The van der Waals surface area contributed by atoms with Crippen LogP contribution in [-0.2, 0) is 16.0 Å². The van der Waals surface area contributed by atoms with E-state index in [0.717, 1.165) is 11.1 Å². The Balaban J connectivity index is 1.64. The first-order valence-electron chi connectivity index (χ1n) is 10.1. The molecule has 3 aromatic rings. The van der Waals surface area contributed by atoms with Crippen molar-refractivity contribution >= 4 is 17.6 Å². The van der Waals surface area contributed by atoms with Crippen molar-refractivity contribution in [3.63, 3.8) is 0 Å². The molecule has 1 fully saturated rings. The third kappa shape index (κ3) is 4.55. The molecule has 2 unspecified atom stereocenters. The molecule has 1 saturated heterocycles. The van der Waals surface area contributed by atoms with Crippen LogP contribution in [0.15, 0.2) is 48.8 Å². The molecule has 8 nitrogen and oxygen atoms in total. The minimum absolute atomic E-state index is 0.187. The maximum Gasteiger partial charge on any atom is 0.225 e. The van der Waals surface area contributed by atoms with Crippen molar-refractivity contribution in [2.75, 3.05) is 18.4 Å². The first-order valence-corrected chi connectivity index (χ1v) is 10.1. The van der Waals surface area contributed by atoms with Crippen molar-refractivity contribution in [2.24, 2.45) is 11.7 Å². The van der Waals surface area contributed by atoms with Gasteiger partial charge in [-0.2, -0.15) is 5.10 Å². The number of hydrogen-bond donors (Lipinski definition) is 4. The summed E-state index contributed by atoms with van der Waals surface area (Å²) in [5, 5.41) is 12.7. The van der Waals surface area contributed by atoms with E-state index < -0.39 is 17.7 Å². The number of nitrogens with zero attached hydrogens (tertiary/aromatic N) is 2. The fourth-order valence-corrected chi connectivity index (χ4v) is 3.93. The van der Waals surface area contributed by atoms with Crippen LogP contribution in [0.1, 0.15) is 23.5 Å². The number of anilines is 1. The van der Waals surface area contributed by atoms with Crippen LogP contribution in [-0.4, -0.2) is 40.1 Å².